The minimum atomic E-state index is -3.97. The van der Waals surface area contributed by atoms with Gasteiger partial charge in [0, 0.05) is 0 Å². The molecule has 112 valence electrons. The molecule has 0 fully saturated rings. The summed E-state index contributed by atoms with van der Waals surface area (Å²) in [6, 6.07) is 6.31. The number of ether oxygens (including phenoxy) is 2. The van der Waals surface area contributed by atoms with Crippen LogP contribution < -0.4 is 4.74 Å². The molecule has 0 N–H and O–H groups in total. The van der Waals surface area contributed by atoms with Gasteiger partial charge in [-0.15, -0.1) is 0 Å². The molecule has 0 aliphatic carbocycles. The Morgan fingerprint density at radius 1 is 1.15 bits per heavy atom. The number of hydrogen-bond donors (Lipinski definition) is 0. The van der Waals surface area contributed by atoms with E-state index in [1.165, 1.54) is 19.1 Å². The number of hydrogen-bond acceptors (Lipinski definition) is 3. The summed E-state index contributed by atoms with van der Waals surface area (Å²) in [4.78, 5) is 11.0. The summed E-state index contributed by atoms with van der Waals surface area (Å²) in [5.74, 6) is -1.75. The van der Waals surface area contributed by atoms with Gasteiger partial charge in [0.15, 0.2) is 0 Å². The summed E-state index contributed by atoms with van der Waals surface area (Å²) in [7, 11) is 0. The van der Waals surface area contributed by atoms with Crippen molar-refractivity contribution < 1.29 is 23.0 Å². The first-order chi connectivity index (χ1) is 9.23. The van der Waals surface area contributed by atoms with Crippen LogP contribution in [-0.2, 0) is 14.9 Å². The van der Waals surface area contributed by atoms with Gasteiger partial charge in [-0.3, -0.25) is 0 Å². The van der Waals surface area contributed by atoms with Gasteiger partial charge in [-0.2, -0.15) is 8.78 Å². The van der Waals surface area contributed by atoms with Crippen molar-refractivity contribution >= 4 is 5.97 Å². The third kappa shape index (κ3) is 3.92. The van der Waals surface area contributed by atoms with Crippen LogP contribution in [-0.4, -0.2) is 18.7 Å². The first-order valence-electron chi connectivity index (χ1n) is 6.57. The van der Waals surface area contributed by atoms with Crippen LogP contribution in [0.2, 0.25) is 0 Å². The normalized spacial score (nSPS) is 12.1. The Morgan fingerprint density at radius 3 is 2.15 bits per heavy atom. The zero-order valence-electron chi connectivity index (χ0n) is 12.2. The van der Waals surface area contributed by atoms with E-state index in [1.807, 2.05) is 0 Å². The molecular weight excluding hydrogens is 266 g/mol. The highest BCUT2D eigenvalue weighted by molar-refractivity contribution is 5.76. The van der Waals surface area contributed by atoms with Crippen molar-refractivity contribution in [3.05, 3.63) is 29.8 Å². The molecule has 0 aliphatic heterocycles. The fourth-order valence-corrected chi connectivity index (χ4v) is 1.58. The summed E-state index contributed by atoms with van der Waals surface area (Å²) in [6.45, 7) is 7.52. The van der Waals surface area contributed by atoms with Crippen LogP contribution in [0.25, 0.3) is 0 Å². The van der Waals surface area contributed by atoms with E-state index in [-0.39, 0.29) is 17.8 Å². The minimum absolute atomic E-state index is 0.0395. The maximum Gasteiger partial charge on any atom is 0.502 e. The SMILES string of the molecule is CCOC(=O)C(F)(F)Oc1ccc(C(C)(C)CC)cc1. The highest BCUT2D eigenvalue weighted by Crippen LogP contribution is 2.29. The third-order valence-electron chi connectivity index (χ3n) is 3.28. The number of alkyl halides is 2. The Balaban J connectivity index is 2.82. The lowest BCUT2D eigenvalue weighted by molar-refractivity contribution is -0.216. The molecule has 0 aromatic heterocycles. The van der Waals surface area contributed by atoms with Crippen molar-refractivity contribution in [2.75, 3.05) is 6.61 Å². The smallest absolute Gasteiger partial charge is 0.459 e. The van der Waals surface area contributed by atoms with E-state index in [4.69, 9.17) is 0 Å². The second-order valence-electron chi connectivity index (χ2n) is 5.10. The Kier molecular flexibility index (Phi) is 5.09. The summed E-state index contributed by atoms with van der Waals surface area (Å²) in [6.07, 6.45) is -3.05. The molecular formula is C15H20F2O3. The van der Waals surface area contributed by atoms with Crippen molar-refractivity contribution in [3.8, 4) is 5.75 Å². The van der Waals surface area contributed by atoms with Crippen molar-refractivity contribution in [2.24, 2.45) is 0 Å². The van der Waals surface area contributed by atoms with E-state index < -0.39 is 12.1 Å². The predicted octanol–water partition coefficient (Wildman–Crippen LogP) is 3.91. The quantitative estimate of drug-likeness (QED) is 0.744. The lowest BCUT2D eigenvalue weighted by atomic mass is 9.82. The molecule has 0 unspecified atom stereocenters. The maximum atomic E-state index is 13.4. The molecule has 0 saturated heterocycles. The zero-order valence-corrected chi connectivity index (χ0v) is 12.2. The van der Waals surface area contributed by atoms with Crippen LogP contribution >= 0.6 is 0 Å². The third-order valence-corrected chi connectivity index (χ3v) is 3.28. The number of esters is 1. The monoisotopic (exact) mass is 286 g/mol. The van der Waals surface area contributed by atoms with Crippen molar-refractivity contribution in [2.45, 2.75) is 45.6 Å². The molecule has 1 rings (SSSR count). The molecule has 0 aliphatic rings. The van der Waals surface area contributed by atoms with Crippen LogP contribution in [0.1, 0.15) is 39.7 Å². The molecule has 0 heterocycles. The molecule has 0 amide bonds. The molecule has 0 atom stereocenters. The Labute approximate surface area is 117 Å². The standard InChI is InChI=1S/C15H20F2O3/c1-5-14(3,4)11-7-9-12(10-8-11)20-15(16,17)13(18)19-6-2/h7-10H,5-6H2,1-4H3. The van der Waals surface area contributed by atoms with Crippen molar-refractivity contribution in [1.29, 1.82) is 0 Å². The van der Waals surface area contributed by atoms with E-state index in [9.17, 15) is 13.6 Å². The molecule has 5 heteroatoms. The number of rotatable bonds is 6. The minimum Gasteiger partial charge on any atom is -0.459 e. The van der Waals surface area contributed by atoms with Gasteiger partial charge < -0.3 is 9.47 Å². The zero-order chi connectivity index (χ0) is 15.4. The van der Waals surface area contributed by atoms with E-state index in [0.717, 1.165) is 12.0 Å². The van der Waals surface area contributed by atoms with E-state index in [0.29, 0.717) is 0 Å². The van der Waals surface area contributed by atoms with Crippen molar-refractivity contribution in [1.82, 2.24) is 0 Å². The Bertz CT molecular complexity index is 453. The van der Waals surface area contributed by atoms with E-state index in [1.54, 1.807) is 12.1 Å². The van der Waals surface area contributed by atoms with Crippen LogP contribution in [0.3, 0.4) is 0 Å². The average molecular weight is 286 g/mol. The predicted molar refractivity (Wildman–Crippen MR) is 72.0 cm³/mol. The lowest BCUT2D eigenvalue weighted by Crippen LogP contribution is -2.36. The summed E-state index contributed by atoms with van der Waals surface area (Å²) in [5, 5.41) is 0. The lowest BCUT2D eigenvalue weighted by Gasteiger charge is -2.23. The molecule has 0 saturated carbocycles. The topological polar surface area (TPSA) is 35.5 Å². The highest BCUT2D eigenvalue weighted by Gasteiger charge is 2.44. The molecule has 20 heavy (non-hydrogen) atoms. The van der Waals surface area contributed by atoms with Gasteiger partial charge in [0.25, 0.3) is 0 Å². The number of benzene rings is 1. The summed E-state index contributed by atoms with van der Waals surface area (Å²) in [5.41, 5.74) is 0.981. The Hall–Kier alpha value is -1.65. The van der Waals surface area contributed by atoms with Crippen LogP contribution in [0.4, 0.5) is 8.78 Å². The molecule has 3 nitrogen and oxygen atoms in total. The van der Waals surface area contributed by atoms with E-state index >= 15 is 0 Å². The highest BCUT2D eigenvalue weighted by atomic mass is 19.3. The van der Waals surface area contributed by atoms with Gasteiger partial charge in [0.05, 0.1) is 6.61 Å². The van der Waals surface area contributed by atoms with Gasteiger partial charge in [0.2, 0.25) is 0 Å². The second kappa shape index (κ2) is 6.20. The molecule has 0 spiro atoms. The van der Waals surface area contributed by atoms with Gasteiger partial charge in [0.1, 0.15) is 5.75 Å². The molecule has 0 bridgehead atoms. The number of halogens is 2. The fraction of sp³-hybridized carbons (Fsp3) is 0.533. The summed E-state index contributed by atoms with van der Waals surface area (Å²) >= 11 is 0. The summed E-state index contributed by atoms with van der Waals surface area (Å²) < 4.78 is 35.5. The van der Waals surface area contributed by atoms with Crippen LogP contribution in [0, 0.1) is 0 Å². The maximum absolute atomic E-state index is 13.4. The number of carbonyl (C=O) groups excluding carboxylic acids is 1. The van der Waals surface area contributed by atoms with E-state index in [2.05, 4.69) is 30.2 Å². The largest absolute Gasteiger partial charge is 0.502 e. The fourth-order valence-electron chi connectivity index (χ4n) is 1.58. The van der Waals surface area contributed by atoms with Gasteiger partial charge in [-0.25, -0.2) is 4.79 Å². The molecule has 1 aromatic carbocycles. The van der Waals surface area contributed by atoms with Crippen LogP contribution in [0.15, 0.2) is 24.3 Å². The van der Waals surface area contributed by atoms with Gasteiger partial charge in [-0.05, 0) is 36.5 Å². The first kappa shape index (κ1) is 16.4. The van der Waals surface area contributed by atoms with Crippen molar-refractivity contribution in [3.63, 3.8) is 0 Å². The van der Waals surface area contributed by atoms with Crippen LogP contribution in [0.5, 0.6) is 5.75 Å². The van der Waals surface area contributed by atoms with Gasteiger partial charge >= 0.3 is 12.1 Å². The second-order valence-corrected chi connectivity index (χ2v) is 5.10. The Morgan fingerprint density at radius 2 is 1.70 bits per heavy atom. The average Bonchev–Trinajstić information content (AvgIpc) is 2.39. The number of carbonyl (C=O) groups is 1. The molecule has 1 aromatic rings. The first-order valence-corrected chi connectivity index (χ1v) is 6.57. The molecule has 0 radical (unpaired) electrons. The van der Waals surface area contributed by atoms with Gasteiger partial charge in [-0.1, -0.05) is 32.9 Å².